The summed E-state index contributed by atoms with van der Waals surface area (Å²) >= 11 is 1.74. The van der Waals surface area contributed by atoms with Gasteiger partial charge in [0.1, 0.15) is 18.0 Å². The summed E-state index contributed by atoms with van der Waals surface area (Å²) in [5, 5.41) is 10.8. The van der Waals surface area contributed by atoms with Gasteiger partial charge in [-0.3, -0.25) is 0 Å². The first-order chi connectivity index (χ1) is 8.85. The van der Waals surface area contributed by atoms with Crippen molar-refractivity contribution in [1.82, 2.24) is 9.97 Å². The predicted octanol–water partition coefficient (Wildman–Crippen LogP) is 2.80. The molecule has 96 valence electrons. The molecule has 5 heteroatoms. The van der Waals surface area contributed by atoms with Crippen molar-refractivity contribution in [2.24, 2.45) is 0 Å². The minimum Gasteiger partial charge on any atom is -0.373 e. The summed E-state index contributed by atoms with van der Waals surface area (Å²) in [5.74, 6) is 1.85. The molecule has 0 bridgehead atoms. The third kappa shape index (κ3) is 2.98. The standard InChI is InChI=1S/C13H18N4S/c1-3-11-12(14-2)16-9-17-13(11)15-6-4-10-5-7-18-8-10/h5,7-9H,3-4,6H2,1-2H3,(H2,14,15,16,17). The molecule has 2 heterocycles. The molecule has 2 aromatic rings. The first-order valence-electron chi connectivity index (χ1n) is 6.11. The maximum Gasteiger partial charge on any atom is 0.134 e. The normalized spacial score (nSPS) is 10.3. The summed E-state index contributed by atoms with van der Waals surface area (Å²) in [6, 6.07) is 2.16. The maximum absolute atomic E-state index is 4.32. The van der Waals surface area contributed by atoms with Crippen molar-refractivity contribution in [3.63, 3.8) is 0 Å². The quantitative estimate of drug-likeness (QED) is 0.840. The summed E-state index contributed by atoms with van der Waals surface area (Å²) in [6.07, 6.45) is 3.53. The zero-order valence-electron chi connectivity index (χ0n) is 10.7. The third-order valence-corrected chi connectivity index (χ3v) is 3.55. The van der Waals surface area contributed by atoms with Crippen LogP contribution in [0.4, 0.5) is 11.6 Å². The van der Waals surface area contributed by atoms with Gasteiger partial charge in [0, 0.05) is 19.2 Å². The van der Waals surface area contributed by atoms with Crippen molar-refractivity contribution >= 4 is 23.0 Å². The fourth-order valence-corrected chi connectivity index (χ4v) is 2.58. The molecule has 0 unspecified atom stereocenters. The molecule has 0 aliphatic carbocycles. The molecule has 0 atom stereocenters. The molecule has 4 nitrogen and oxygen atoms in total. The summed E-state index contributed by atoms with van der Waals surface area (Å²) in [7, 11) is 1.89. The van der Waals surface area contributed by atoms with Gasteiger partial charge < -0.3 is 10.6 Å². The lowest BCUT2D eigenvalue weighted by Gasteiger charge is -2.12. The van der Waals surface area contributed by atoms with E-state index in [1.54, 1.807) is 17.7 Å². The Labute approximate surface area is 111 Å². The van der Waals surface area contributed by atoms with Crippen LogP contribution in [-0.4, -0.2) is 23.6 Å². The summed E-state index contributed by atoms with van der Waals surface area (Å²) in [4.78, 5) is 8.54. The Morgan fingerprint density at radius 2 is 2.11 bits per heavy atom. The van der Waals surface area contributed by atoms with Crippen LogP contribution in [0.2, 0.25) is 0 Å². The van der Waals surface area contributed by atoms with Gasteiger partial charge in [-0.25, -0.2) is 9.97 Å². The van der Waals surface area contributed by atoms with Crippen molar-refractivity contribution in [1.29, 1.82) is 0 Å². The van der Waals surface area contributed by atoms with Gasteiger partial charge in [-0.2, -0.15) is 11.3 Å². The minimum absolute atomic E-state index is 0.893. The third-order valence-electron chi connectivity index (χ3n) is 2.82. The van der Waals surface area contributed by atoms with Crippen LogP contribution in [0.1, 0.15) is 18.1 Å². The zero-order valence-corrected chi connectivity index (χ0v) is 11.5. The molecule has 0 aliphatic heterocycles. The van der Waals surface area contributed by atoms with Crippen LogP contribution in [0.3, 0.4) is 0 Å². The van der Waals surface area contributed by atoms with Crippen molar-refractivity contribution in [2.45, 2.75) is 19.8 Å². The lowest BCUT2D eigenvalue weighted by molar-refractivity contribution is 0.977. The molecule has 0 saturated carbocycles. The first-order valence-corrected chi connectivity index (χ1v) is 7.06. The van der Waals surface area contributed by atoms with E-state index in [0.717, 1.165) is 36.6 Å². The predicted molar refractivity (Wildman–Crippen MR) is 77.5 cm³/mol. The van der Waals surface area contributed by atoms with Gasteiger partial charge in [-0.1, -0.05) is 6.92 Å². The van der Waals surface area contributed by atoms with E-state index in [0.29, 0.717) is 0 Å². The van der Waals surface area contributed by atoms with E-state index < -0.39 is 0 Å². The fourth-order valence-electron chi connectivity index (χ4n) is 1.88. The average molecular weight is 262 g/mol. The smallest absolute Gasteiger partial charge is 0.134 e. The Balaban J connectivity index is 2.00. The molecule has 2 N–H and O–H groups in total. The van der Waals surface area contributed by atoms with E-state index in [9.17, 15) is 0 Å². The number of nitrogens with zero attached hydrogens (tertiary/aromatic N) is 2. The van der Waals surface area contributed by atoms with E-state index in [4.69, 9.17) is 0 Å². The van der Waals surface area contributed by atoms with E-state index in [2.05, 4.69) is 44.4 Å². The molecule has 0 amide bonds. The van der Waals surface area contributed by atoms with E-state index in [-0.39, 0.29) is 0 Å². The van der Waals surface area contributed by atoms with Gasteiger partial charge >= 0.3 is 0 Å². The molecule has 18 heavy (non-hydrogen) atoms. The summed E-state index contributed by atoms with van der Waals surface area (Å²) in [6.45, 7) is 3.01. The highest BCUT2D eigenvalue weighted by molar-refractivity contribution is 7.07. The number of aromatic nitrogens is 2. The number of hydrogen-bond acceptors (Lipinski definition) is 5. The molecule has 2 rings (SSSR count). The topological polar surface area (TPSA) is 49.8 Å². The molecular formula is C13H18N4S. The van der Waals surface area contributed by atoms with Crippen LogP contribution in [0.25, 0.3) is 0 Å². The van der Waals surface area contributed by atoms with Gasteiger partial charge in [0.2, 0.25) is 0 Å². The van der Waals surface area contributed by atoms with Crippen molar-refractivity contribution in [2.75, 3.05) is 24.2 Å². The monoisotopic (exact) mass is 262 g/mol. The number of thiophene rings is 1. The maximum atomic E-state index is 4.32. The lowest BCUT2D eigenvalue weighted by atomic mass is 10.2. The van der Waals surface area contributed by atoms with E-state index in [1.165, 1.54) is 5.56 Å². The number of anilines is 2. The fraction of sp³-hybridized carbons (Fsp3) is 0.385. The molecule has 0 aromatic carbocycles. The van der Waals surface area contributed by atoms with Crippen LogP contribution < -0.4 is 10.6 Å². The molecule has 2 aromatic heterocycles. The Morgan fingerprint density at radius 1 is 1.28 bits per heavy atom. The van der Waals surface area contributed by atoms with Crippen LogP contribution in [0.5, 0.6) is 0 Å². The van der Waals surface area contributed by atoms with Gasteiger partial charge in [0.05, 0.1) is 0 Å². The SMILES string of the molecule is CCc1c(NC)ncnc1NCCc1ccsc1. The van der Waals surface area contributed by atoms with Crippen LogP contribution >= 0.6 is 11.3 Å². The molecule has 0 saturated heterocycles. The van der Waals surface area contributed by atoms with Crippen molar-refractivity contribution in [3.05, 3.63) is 34.3 Å². The Morgan fingerprint density at radius 3 is 2.78 bits per heavy atom. The van der Waals surface area contributed by atoms with E-state index in [1.807, 2.05) is 7.05 Å². The number of nitrogens with one attached hydrogen (secondary N) is 2. The van der Waals surface area contributed by atoms with Crippen LogP contribution in [-0.2, 0) is 12.8 Å². The highest BCUT2D eigenvalue weighted by atomic mass is 32.1. The van der Waals surface area contributed by atoms with Gasteiger partial charge in [0.15, 0.2) is 0 Å². The lowest BCUT2D eigenvalue weighted by Crippen LogP contribution is -2.10. The number of hydrogen-bond donors (Lipinski definition) is 2. The first kappa shape index (κ1) is 12.8. The molecule has 0 fully saturated rings. The molecular weight excluding hydrogens is 244 g/mol. The van der Waals surface area contributed by atoms with E-state index >= 15 is 0 Å². The van der Waals surface area contributed by atoms with Gasteiger partial charge in [-0.05, 0) is 35.2 Å². The second-order valence-electron chi connectivity index (χ2n) is 3.96. The minimum atomic E-state index is 0.893. The second kappa shape index (κ2) is 6.35. The highest BCUT2D eigenvalue weighted by Crippen LogP contribution is 2.19. The Hall–Kier alpha value is -1.62. The van der Waals surface area contributed by atoms with Gasteiger partial charge in [0.25, 0.3) is 0 Å². The van der Waals surface area contributed by atoms with Crippen LogP contribution in [0, 0.1) is 0 Å². The average Bonchev–Trinajstić information content (AvgIpc) is 2.91. The molecule has 0 radical (unpaired) electrons. The molecule has 0 aliphatic rings. The van der Waals surface area contributed by atoms with Crippen molar-refractivity contribution < 1.29 is 0 Å². The van der Waals surface area contributed by atoms with Crippen LogP contribution in [0.15, 0.2) is 23.2 Å². The van der Waals surface area contributed by atoms with Gasteiger partial charge in [-0.15, -0.1) is 0 Å². The zero-order chi connectivity index (χ0) is 12.8. The Bertz CT molecular complexity index is 482. The largest absolute Gasteiger partial charge is 0.373 e. The summed E-state index contributed by atoms with van der Waals surface area (Å²) in [5.41, 5.74) is 2.51. The summed E-state index contributed by atoms with van der Waals surface area (Å²) < 4.78 is 0. The van der Waals surface area contributed by atoms with Crippen molar-refractivity contribution in [3.8, 4) is 0 Å². The second-order valence-corrected chi connectivity index (χ2v) is 4.74. The number of rotatable bonds is 6. The highest BCUT2D eigenvalue weighted by Gasteiger charge is 2.07. The molecule has 0 spiro atoms. The Kier molecular flexibility index (Phi) is 4.52.